The molecule has 0 atom stereocenters. The third-order valence-corrected chi connectivity index (χ3v) is 4.80. The van der Waals surface area contributed by atoms with E-state index in [1.165, 1.54) is 43.4 Å². The van der Waals surface area contributed by atoms with Gasteiger partial charge in [-0.15, -0.1) is 0 Å². The molecule has 2 nitrogen and oxygen atoms in total. The molecule has 0 saturated heterocycles. The lowest BCUT2D eigenvalue weighted by Crippen LogP contribution is -2.34. The summed E-state index contributed by atoms with van der Waals surface area (Å²) in [4.78, 5) is 2.60. The Bertz CT molecular complexity index is 439. The molecule has 1 aliphatic carbocycles. The van der Waals surface area contributed by atoms with Crippen LogP contribution in [-0.2, 0) is 6.54 Å². The van der Waals surface area contributed by atoms with Crippen molar-refractivity contribution >= 4 is 17.3 Å². The zero-order chi connectivity index (χ0) is 15.2. The molecule has 1 N–H and O–H groups in total. The van der Waals surface area contributed by atoms with Crippen LogP contribution in [0.2, 0.25) is 5.02 Å². The number of halogens is 1. The normalized spacial score (nSPS) is 15.9. The molecule has 1 aromatic rings. The summed E-state index contributed by atoms with van der Waals surface area (Å²) in [5.41, 5.74) is 2.48. The van der Waals surface area contributed by atoms with Gasteiger partial charge < -0.3 is 10.2 Å². The van der Waals surface area contributed by atoms with Gasteiger partial charge in [-0.05, 0) is 49.9 Å². The van der Waals surface area contributed by atoms with Crippen molar-refractivity contribution in [3.63, 3.8) is 0 Å². The highest BCUT2D eigenvalue weighted by atomic mass is 35.5. The van der Waals surface area contributed by atoms with Crippen molar-refractivity contribution in [1.29, 1.82) is 0 Å². The summed E-state index contributed by atoms with van der Waals surface area (Å²) < 4.78 is 0. The summed E-state index contributed by atoms with van der Waals surface area (Å²) in [6, 6.07) is 7.28. The molecule has 1 aliphatic rings. The molecule has 118 valence electrons. The van der Waals surface area contributed by atoms with Crippen LogP contribution in [0.3, 0.4) is 0 Å². The average Bonchev–Trinajstić information content (AvgIpc) is 2.96. The molecule has 2 rings (SSSR count). The molecule has 1 aromatic carbocycles. The van der Waals surface area contributed by atoms with Gasteiger partial charge in [0.25, 0.3) is 0 Å². The van der Waals surface area contributed by atoms with Crippen LogP contribution in [0.4, 0.5) is 5.69 Å². The number of rotatable bonds is 7. The number of hydrogen-bond acceptors (Lipinski definition) is 2. The second-order valence-corrected chi connectivity index (χ2v) is 7.03. The first-order valence-corrected chi connectivity index (χ1v) is 8.69. The van der Waals surface area contributed by atoms with E-state index in [1.54, 1.807) is 0 Å². The number of anilines is 1. The summed E-state index contributed by atoms with van der Waals surface area (Å²) in [5.74, 6) is 0.743. The van der Waals surface area contributed by atoms with E-state index < -0.39 is 0 Å². The Balaban J connectivity index is 2.16. The molecule has 0 unspecified atom stereocenters. The van der Waals surface area contributed by atoms with E-state index >= 15 is 0 Å². The van der Waals surface area contributed by atoms with Crippen molar-refractivity contribution in [3.8, 4) is 0 Å². The lowest BCUT2D eigenvalue weighted by atomic mass is 10.1. The van der Waals surface area contributed by atoms with Gasteiger partial charge in [0, 0.05) is 29.8 Å². The maximum absolute atomic E-state index is 6.45. The summed E-state index contributed by atoms with van der Waals surface area (Å²) >= 11 is 6.45. The molecule has 0 aliphatic heterocycles. The molecule has 0 heterocycles. The minimum Gasteiger partial charge on any atom is -0.368 e. The fourth-order valence-corrected chi connectivity index (χ4v) is 3.43. The number of nitrogens with zero attached hydrogens (tertiary/aromatic N) is 1. The highest BCUT2D eigenvalue weighted by Gasteiger charge is 2.23. The van der Waals surface area contributed by atoms with Gasteiger partial charge in [-0.2, -0.15) is 0 Å². The maximum Gasteiger partial charge on any atom is 0.0471 e. The van der Waals surface area contributed by atoms with Crippen LogP contribution in [0.1, 0.15) is 51.5 Å². The van der Waals surface area contributed by atoms with E-state index in [2.05, 4.69) is 42.3 Å². The highest BCUT2D eigenvalue weighted by Crippen LogP contribution is 2.31. The number of nitrogens with one attached hydrogen (secondary N) is 1. The first kappa shape index (κ1) is 16.6. The van der Waals surface area contributed by atoms with E-state index in [4.69, 9.17) is 11.6 Å². The van der Waals surface area contributed by atoms with Crippen molar-refractivity contribution in [2.24, 2.45) is 5.92 Å². The second kappa shape index (κ2) is 8.05. The minimum atomic E-state index is 0.704. The smallest absolute Gasteiger partial charge is 0.0471 e. The summed E-state index contributed by atoms with van der Waals surface area (Å²) in [6.45, 7) is 6.57. The van der Waals surface area contributed by atoms with E-state index in [1.807, 2.05) is 7.05 Å². The molecule has 3 heteroatoms. The Morgan fingerprint density at radius 3 is 2.57 bits per heavy atom. The molecule has 0 spiro atoms. The van der Waals surface area contributed by atoms with Crippen molar-refractivity contribution < 1.29 is 0 Å². The van der Waals surface area contributed by atoms with Gasteiger partial charge in [-0.25, -0.2) is 0 Å². The van der Waals surface area contributed by atoms with Gasteiger partial charge in [0.05, 0.1) is 0 Å². The lowest BCUT2D eigenvalue weighted by Gasteiger charge is -2.32. The molecular weight excluding hydrogens is 280 g/mol. The zero-order valence-corrected chi connectivity index (χ0v) is 14.4. The van der Waals surface area contributed by atoms with Crippen LogP contribution in [0.5, 0.6) is 0 Å². The van der Waals surface area contributed by atoms with Crippen molar-refractivity contribution in [2.45, 2.75) is 58.5 Å². The topological polar surface area (TPSA) is 15.3 Å². The molecule has 21 heavy (non-hydrogen) atoms. The molecule has 0 aromatic heterocycles. The molecule has 1 saturated carbocycles. The summed E-state index contributed by atoms with van der Waals surface area (Å²) in [6.07, 6.45) is 6.64. The highest BCUT2D eigenvalue weighted by molar-refractivity contribution is 6.31. The third kappa shape index (κ3) is 4.62. The number of hydrogen-bond donors (Lipinski definition) is 1. The van der Waals surface area contributed by atoms with Crippen molar-refractivity contribution in [1.82, 2.24) is 5.32 Å². The standard InChI is InChI=1S/C18H29ClN2/c1-14(2)10-11-21(16-6-4-5-7-16)17-9-8-15(13-20-3)18(19)12-17/h8-9,12,14,16,20H,4-7,10-11,13H2,1-3H3. The first-order valence-electron chi connectivity index (χ1n) is 8.31. The monoisotopic (exact) mass is 308 g/mol. The van der Waals surface area contributed by atoms with E-state index in [-0.39, 0.29) is 0 Å². The van der Waals surface area contributed by atoms with E-state index in [0.717, 1.165) is 24.0 Å². The van der Waals surface area contributed by atoms with E-state index in [9.17, 15) is 0 Å². The third-order valence-electron chi connectivity index (χ3n) is 4.45. The first-order chi connectivity index (χ1) is 10.1. The van der Waals surface area contributed by atoms with Gasteiger partial charge in [0.15, 0.2) is 0 Å². The predicted octanol–water partition coefficient (Wildman–Crippen LogP) is 4.85. The minimum absolute atomic E-state index is 0.704. The van der Waals surface area contributed by atoms with Crippen LogP contribution in [-0.4, -0.2) is 19.6 Å². The Hall–Kier alpha value is -0.730. The SMILES string of the molecule is CNCc1ccc(N(CCC(C)C)C2CCCC2)cc1Cl. The second-order valence-electron chi connectivity index (χ2n) is 6.62. The van der Waals surface area contributed by atoms with E-state index in [0.29, 0.717) is 6.04 Å². The molecular formula is C18H29ClN2. The molecule has 0 amide bonds. The van der Waals surface area contributed by atoms with Crippen LogP contribution in [0, 0.1) is 5.92 Å². The zero-order valence-electron chi connectivity index (χ0n) is 13.7. The lowest BCUT2D eigenvalue weighted by molar-refractivity contribution is 0.528. The molecule has 0 bridgehead atoms. The van der Waals surface area contributed by atoms with Gasteiger partial charge in [0.1, 0.15) is 0 Å². The van der Waals surface area contributed by atoms with Crippen molar-refractivity contribution in [2.75, 3.05) is 18.5 Å². The van der Waals surface area contributed by atoms with Crippen molar-refractivity contribution in [3.05, 3.63) is 28.8 Å². The maximum atomic E-state index is 6.45. The molecule has 1 fully saturated rings. The summed E-state index contributed by atoms with van der Waals surface area (Å²) in [5, 5.41) is 4.05. The van der Waals surface area contributed by atoms with Crippen LogP contribution in [0.15, 0.2) is 18.2 Å². The fourth-order valence-electron chi connectivity index (χ4n) is 3.18. The molecule has 0 radical (unpaired) electrons. The van der Waals surface area contributed by atoms with Gasteiger partial charge in [0.2, 0.25) is 0 Å². The predicted molar refractivity (Wildman–Crippen MR) is 93.3 cm³/mol. The van der Waals surface area contributed by atoms with Crippen LogP contribution >= 0.6 is 11.6 Å². The Morgan fingerprint density at radius 2 is 2.00 bits per heavy atom. The van der Waals surface area contributed by atoms with Gasteiger partial charge in [-0.1, -0.05) is 44.4 Å². The summed E-state index contributed by atoms with van der Waals surface area (Å²) in [7, 11) is 1.96. The van der Waals surface area contributed by atoms with Crippen LogP contribution < -0.4 is 10.2 Å². The average molecular weight is 309 g/mol. The van der Waals surface area contributed by atoms with Crippen LogP contribution in [0.25, 0.3) is 0 Å². The van der Waals surface area contributed by atoms with Gasteiger partial charge in [-0.3, -0.25) is 0 Å². The number of benzene rings is 1. The largest absolute Gasteiger partial charge is 0.368 e. The quantitative estimate of drug-likeness (QED) is 0.774. The van der Waals surface area contributed by atoms with Gasteiger partial charge >= 0.3 is 0 Å². The Kier molecular flexibility index (Phi) is 6.38. The fraction of sp³-hybridized carbons (Fsp3) is 0.667. The Labute approximate surface area is 134 Å². The Morgan fingerprint density at radius 1 is 1.29 bits per heavy atom.